The third kappa shape index (κ3) is 4.64. The predicted molar refractivity (Wildman–Crippen MR) is 110 cm³/mol. The van der Waals surface area contributed by atoms with Crippen molar-refractivity contribution in [2.75, 3.05) is 18.9 Å². The number of benzene rings is 2. The van der Waals surface area contributed by atoms with Gasteiger partial charge in [0.25, 0.3) is 0 Å². The zero-order chi connectivity index (χ0) is 17.8. The molecule has 0 radical (unpaired) electrons. The maximum Gasteiger partial charge on any atom is 0.175 e. The Morgan fingerprint density at radius 3 is 2.68 bits per heavy atom. The molecule has 132 valence electrons. The van der Waals surface area contributed by atoms with Crippen molar-refractivity contribution in [1.29, 1.82) is 0 Å². The van der Waals surface area contributed by atoms with Crippen LogP contribution in [0.1, 0.15) is 18.1 Å². The Labute approximate surface area is 169 Å². The number of nitrogens with zero attached hydrogens (tertiary/aromatic N) is 1. The van der Waals surface area contributed by atoms with Crippen molar-refractivity contribution in [3.05, 3.63) is 56.0 Å². The van der Waals surface area contributed by atoms with Crippen molar-refractivity contribution in [2.45, 2.75) is 13.5 Å². The van der Waals surface area contributed by atoms with Crippen molar-refractivity contribution in [3.8, 4) is 11.5 Å². The molecule has 0 atom stereocenters. The number of halogens is 3. The number of ether oxygens (including phenoxy) is 2. The van der Waals surface area contributed by atoms with E-state index in [-0.39, 0.29) is 0 Å². The Morgan fingerprint density at radius 1 is 1.16 bits per heavy atom. The van der Waals surface area contributed by atoms with Gasteiger partial charge in [0.1, 0.15) is 6.61 Å². The smallest absolute Gasteiger partial charge is 0.175 e. The summed E-state index contributed by atoms with van der Waals surface area (Å²) >= 11 is 17.4. The molecule has 2 aromatic carbocycles. The fourth-order valence-corrected chi connectivity index (χ4v) is 4.11. The summed E-state index contributed by atoms with van der Waals surface area (Å²) in [6.45, 7) is 3.73. The van der Waals surface area contributed by atoms with Crippen molar-refractivity contribution in [3.63, 3.8) is 0 Å². The monoisotopic (exact) mass is 459 g/mol. The van der Waals surface area contributed by atoms with E-state index in [1.165, 1.54) is 0 Å². The van der Waals surface area contributed by atoms with Crippen LogP contribution in [0.25, 0.3) is 0 Å². The molecule has 2 aromatic rings. The van der Waals surface area contributed by atoms with Crippen molar-refractivity contribution in [2.24, 2.45) is 4.99 Å². The molecule has 0 amide bonds. The van der Waals surface area contributed by atoms with Crippen LogP contribution in [0.5, 0.6) is 11.5 Å². The van der Waals surface area contributed by atoms with Gasteiger partial charge in [-0.05, 0) is 52.7 Å². The molecule has 0 aliphatic carbocycles. The van der Waals surface area contributed by atoms with Gasteiger partial charge in [-0.15, -0.1) is 11.8 Å². The van der Waals surface area contributed by atoms with Crippen LogP contribution in [0, 0.1) is 0 Å². The van der Waals surface area contributed by atoms with Crippen LogP contribution in [0.2, 0.25) is 10.0 Å². The summed E-state index contributed by atoms with van der Waals surface area (Å²) in [5.74, 6) is 2.38. The summed E-state index contributed by atoms with van der Waals surface area (Å²) in [6, 6.07) is 9.45. The van der Waals surface area contributed by atoms with Crippen LogP contribution in [-0.4, -0.2) is 23.9 Å². The minimum atomic E-state index is 0.366. The average Bonchev–Trinajstić information content (AvgIpc) is 3.12. The highest BCUT2D eigenvalue weighted by molar-refractivity contribution is 9.10. The topological polar surface area (TPSA) is 30.8 Å². The highest BCUT2D eigenvalue weighted by atomic mass is 79.9. The first-order valence-electron chi connectivity index (χ1n) is 7.79. The van der Waals surface area contributed by atoms with Gasteiger partial charge in [-0.1, -0.05) is 29.3 Å². The van der Waals surface area contributed by atoms with Gasteiger partial charge in [0.05, 0.1) is 26.2 Å². The Kier molecular flexibility index (Phi) is 6.55. The van der Waals surface area contributed by atoms with E-state index in [1.54, 1.807) is 23.9 Å². The quantitative estimate of drug-likeness (QED) is 0.512. The number of rotatable bonds is 6. The predicted octanol–water partition coefficient (Wildman–Crippen LogP) is 6.23. The second kappa shape index (κ2) is 8.67. The van der Waals surface area contributed by atoms with Gasteiger partial charge in [-0.3, -0.25) is 4.99 Å². The first kappa shape index (κ1) is 18.9. The molecule has 1 heterocycles. The molecule has 0 bridgehead atoms. The van der Waals surface area contributed by atoms with Crippen molar-refractivity contribution in [1.82, 2.24) is 0 Å². The highest BCUT2D eigenvalue weighted by Gasteiger charge is 2.17. The van der Waals surface area contributed by atoms with E-state index < -0.39 is 0 Å². The largest absolute Gasteiger partial charge is 0.490 e. The van der Waals surface area contributed by atoms with E-state index >= 15 is 0 Å². The van der Waals surface area contributed by atoms with Crippen molar-refractivity contribution >= 4 is 55.9 Å². The van der Waals surface area contributed by atoms with Crippen LogP contribution in [0.15, 0.2) is 39.8 Å². The summed E-state index contributed by atoms with van der Waals surface area (Å²) in [5.41, 5.74) is 1.98. The standard InChI is InChI=1S/C18H16BrCl2NO2S/c1-2-23-16-9-12(18-22-5-6-25-18)8-13(19)17(16)24-10-11-3-4-14(20)15(21)7-11/h3-4,7-9H,2,5-6,10H2,1H3. The lowest BCUT2D eigenvalue weighted by molar-refractivity contribution is 0.267. The average molecular weight is 461 g/mol. The molecule has 0 fully saturated rings. The van der Waals surface area contributed by atoms with Gasteiger partial charge >= 0.3 is 0 Å². The molecule has 0 N–H and O–H groups in total. The normalized spacial score (nSPS) is 13.7. The first-order chi connectivity index (χ1) is 12.1. The summed E-state index contributed by atoms with van der Waals surface area (Å²) < 4.78 is 12.6. The number of hydrogen-bond acceptors (Lipinski definition) is 4. The van der Waals surface area contributed by atoms with Crippen molar-refractivity contribution < 1.29 is 9.47 Å². The SMILES string of the molecule is CCOc1cc(C2=NCCS2)cc(Br)c1OCc1ccc(Cl)c(Cl)c1. The third-order valence-electron chi connectivity index (χ3n) is 3.51. The van der Waals surface area contributed by atoms with Gasteiger partial charge in [-0.25, -0.2) is 0 Å². The van der Waals surface area contributed by atoms with E-state index in [9.17, 15) is 0 Å². The lowest BCUT2D eigenvalue weighted by Crippen LogP contribution is -2.03. The van der Waals surface area contributed by atoms with E-state index in [4.69, 9.17) is 32.7 Å². The number of hydrogen-bond donors (Lipinski definition) is 0. The first-order valence-corrected chi connectivity index (χ1v) is 10.3. The molecule has 7 heteroatoms. The number of aliphatic imine (C=N–C) groups is 1. The van der Waals surface area contributed by atoms with E-state index in [1.807, 2.05) is 25.1 Å². The Balaban J connectivity index is 1.85. The molecule has 0 saturated carbocycles. The maximum absolute atomic E-state index is 6.06. The fourth-order valence-electron chi connectivity index (χ4n) is 2.39. The Hall–Kier alpha value is -0.880. The van der Waals surface area contributed by atoms with Gasteiger partial charge in [0, 0.05) is 17.9 Å². The van der Waals surface area contributed by atoms with Crippen LogP contribution >= 0.6 is 50.9 Å². The summed E-state index contributed by atoms with van der Waals surface area (Å²) in [6.07, 6.45) is 0. The Bertz CT molecular complexity index is 814. The van der Waals surface area contributed by atoms with Crippen LogP contribution in [0.4, 0.5) is 0 Å². The van der Waals surface area contributed by atoms with Gasteiger partial charge in [-0.2, -0.15) is 0 Å². The highest BCUT2D eigenvalue weighted by Crippen LogP contribution is 2.39. The van der Waals surface area contributed by atoms with E-state index in [0.29, 0.717) is 34.8 Å². The van der Waals surface area contributed by atoms with Gasteiger partial charge in [0.2, 0.25) is 0 Å². The fraction of sp³-hybridized carbons (Fsp3) is 0.278. The minimum Gasteiger partial charge on any atom is -0.490 e. The van der Waals surface area contributed by atoms with E-state index in [0.717, 1.165) is 32.9 Å². The zero-order valence-corrected chi connectivity index (χ0v) is 17.4. The van der Waals surface area contributed by atoms with Gasteiger partial charge < -0.3 is 9.47 Å². The molecule has 0 unspecified atom stereocenters. The van der Waals surface area contributed by atoms with Crippen LogP contribution in [-0.2, 0) is 6.61 Å². The molecule has 25 heavy (non-hydrogen) atoms. The van der Waals surface area contributed by atoms with Gasteiger partial charge in [0.15, 0.2) is 11.5 Å². The number of thioether (sulfide) groups is 1. The lowest BCUT2D eigenvalue weighted by atomic mass is 10.2. The molecule has 1 aliphatic heterocycles. The second-order valence-corrected chi connectivity index (χ2v) is 8.04. The summed E-state index contributed by atoms with van der Waals surface area (Å²) in [4.78, 5) is 4.52. The molecular weight excluding hydrogens is 445 g/mol. The molecular formula is C18H16BrCl2NO2S. The molecule has 3 rings (SSSR count). The maximum atomic E-state index is 6.06. The molecule has 0 spiro atoms. The van der Waals surface area contributed by atoms with Crippen LogP contribution in [0.3, 0.4) is 0 Å². The molecule has 0 saturated heterocycles. The third-order valence-corrected chi connectivity index (χ3v) is 5.86. The molecule has 3 nitrogen and oxygen atoms in total. The van der Waals surface area contributed by atoms with Crippen LogP contribution < -0.4 is 9.47 Å². The zero-order valence-electron chi connectivity index (χ0n) is 13.5. The Morgan fingerprint density at radius 2 is 2.00 bits per heavy atom. The summed E-state index contributed by atoms with van der Waals surface area (Å²) in [5, 5.41) is 2.08. The second-order valence-electron chi connectivity index (χ2n) is 5.29. The summed E-state index contributed by atoms with van der Waals surface area (Å²) in [7, 11) is 0. The molecule has 1 aliphatic rings. The van der Waals surface area contributed by atoms with E-state index in [2.05, 4.69) is 20.9 Å². The minimum absolute atomic E-state index is 0.366. The molecule has 0 aromatic heterocycles. The lowest BCUT2D eigenvalue weighted by Gasteiger charge is -2.15.